The Labute approximate surface area is 121 Å². The highest BCUT2D eigenvalue weighted by molar-refractivity contribution is 14.1. The molecule has 0 saturated carbocycles. The predicted molar refractivity (Wildman–Crippen MR) is 80.7 cm³/mol. The van der Waals surface area contributed by atoms with E-state index in [4.69, 9.17) is 4.74 Å². The molecule has 0 spiro atoms. The van der Waals surface area contributed by atoms with Gasteiger partial charge in [-0.25, -0.2) is 0 Å². The molecule has 0 fully saturated rings. The topological polar surface area (TPSA) is 27.1 Å². The second-order valence-electron chi connectivity index (χ2n) is 4.29. The zero-order valence-corrected chi connectivity index (χ0v) is 12.8. The van der Waals surface area contributed by atoms with Gasteiger partial charge in [0.15, 0.2) is 0 Å². The van der Waals surface area contributed by atoms with Gasteiger partial charge < -0.3 is 4.74 Å². The Morgan fingerprint density at radius 2 is 2.22 bits per heavy atom. The maximum atomic E-state index is 5.72. The molecule has 1 unspecified atom stereocenters. The van der Waals surface area contributed by atoms with E-state index in [0.717, 1.165) is 17.9 Å². The Morgan fingerprint density at radius 1 is 1.39 bits per heavy atom. The molecular weight excluding hydrogens is 339 g/mol. The summed E-state index contributed by atoms with van der Waals surface area (Å²) in [5, 5.41) is 4.51. The Hall–Kier alpha value is -1.04. The minimum absolute atomic E-state index is 0.441. The van der Waals surface area contributed by atoms with Crippen molar-refractivity contribution in [3.05, 3.63) is 45.8 Å². The van der Waals surface area contributed by atoms with Gasteiger partial charge >= 0.3 is 0 Å². The van der Waals surface area contributed by atoms with Crippen LogP contribution in [0.15, 0.2) is 36.5 Å². The van der Waals surface area contributed by atoms with Crippen molar-refractivity contribution >= 4 is 22.6 Å². The first kappa shape index (κ1) is 13.4. The fraction of sp³-hybridized carbons (Fsp3) is 0.357. The van der Waals surface area contributed by atoms with Crippen molar-refractivity contribution in [2.24, 2.45) is 0 Å². The maximum absolute atomic E-state index is 5.72. The number of aromatic nitrogens is 2. The summed E-state index contributed by atoms with van der Waals surface area (Å²) in [6.45, 7) is 4.84. The number of benzene rings is 1. The molecule has 0 radical (unpaired) electrons. The minimum atomic E-state index is 0.441. The summed E-state index contributed by atoms with van der Waals surface area (Å²) in [6, 6.07) is 10.5. The SMILES string of the molecule is CCC(C)n1ccc(COc2cccc(I)c2)n1. The van der Waals surface area contributed by atoms with Crippen LogP contribution in [-0.2, 0) is 6.61 Å². The molecule has 2 rings (SSSR count). The molecule has 0 N–H and O–H groups in total. The second-order valence-corrected chi connectivity index (χ2v) is 5.54. The fourth-order valence-corrected chi connectivity index (χ4v) is 2.12. The lowest BCUT2D eigenvalue weighted by Gasteiger charge is -2.08. The number of halogens is 1. The third kappa shape index (κ3) is 3.48. The van der Waals surface area contributed by atoms with Gasteiger partial charge in [0.1, 0.15) is 12.4 Å². The lowest BCUT2D eigenvalue weighted by molar-refractivity contribution is 0.298. The van der Waals surface area contributed by atoms with Crippen LogP contribution in [0.1, 0.15) is 32.0 Å². The van der Waals surface area contributed by atoms with Gasteiger partial charge in [-0.15, -0.1) is 0 Å². The summed E-state index contributed by atoms with van der Waals surface area (Å²) in [4.78, 5) is 0. The van der Waals surface area contributed by atoms with Gasteiger partial charge in [0, 0.05) is 15.8 Å². The Morgan fingerprint density at radius 3 is 2.94 bits per heavy atom. The van der Waals surface area contributed by atoms with E-state index in [0.29, 0.717) is 12.6 Å². The lowest BCUT2D eigenvalue weighted by Crippen LogP contribution is -2.05. The summed E-state index contributed by atoms with van der Waals surface area (Å²) in [5.41, 5.74) is 0.967. The Kier molecular flexibility index (Phi) is 4.63. The molecule has 0 bridgehead atoms. The molecular formula is C14H17IN2O. The van der Waals surface area contributed by atoms with Gasteiger partial charge in [0.05, 0.1) is 5.69 Å². The van der Waals surface area contributed by atoms with E-state index >= 15 is 0 Å². The standard InChI is InChI=1S/C14H17IN2O/c1-3-11(2)17-8-7-13(16-17)10-18-14-6-4-5-12(15)9-14/h4-9,11H,3,10H2,1-2H3. The second kappa shape index (κ2) is 6.22. The highest BCUT2D eigenvalue weighted by atomic mass is 127. The smallest absolute Gasteiger partial charge is 0.132 e. The van der Waals surface area contributed by atoms with Gasteiger partial charge in [-0.1, -0.05) is 13.0 Å². The van der Waals surface area contributed by atoms with Crippen molar-refractivity contribution in [2.45, 2.75) is 32.9 Å². The normalized spacial score (nSPS) is 12.4. The maximum Gasteiger partial charge on any atom is 0.132 e. The molecule has 0 saturated heterocycles. The van der Waals surface area contributed by atoms with Crippen LogP contribution in [0.4, 0.5) is 0 Å². The van der Waals surface area contributed by atoms with Crippen LogP contribution in [0.5, 0.6) is 5.75 Å². The van der Waals surface area contributed by atoms with Crippen molar-refractivity contribution in [2.75, 3.05) is 0 Å². The Balaban J connectivity index is 1.96. The van der Waals surface area contributed by atoms with Crippen LogP contribution < -0.4 is 4.74 Å². The summed E-state index contributed by atoms with van der Waals surface area (Å²) in [7, 11) is 0. The van der Waals surface area contributed by atoms with E-state index in [2.05, 4.69) is 41.5 Å². The van der Waals surface area contributed by atoms with Crippen LogP contribution in [-0.4, -0.2) is 9.78 Å². The largest absolute Gasteiger partial charge is 0.487 e. The van der Waals surface area contributed by atoms with Crippen LogP contribution in [0.3, 0.4) is 0 Å². The van der Waals surface area contributed by atoms with Crippen molar-refractivity contribution in [1.82, 2.24) is 9.78 Å². The number of rotatable bonds is 5. The number of ether oxygens (including phenoxy) is 1. The quantitative estimate of drug-likeness (QED) is 0.757. The van der Waals surface area contributed by atoms with Crippen molar-refractivity contribution in [3.63, 3.8) is 0 Å². The summed E-state index contributed by atoms with van der Waals surface area (Å²) in [6.07, 6.45) is 3.10. The molecule has 0 aliphatic heterocycles. The van der Waals surface area contributed by atoms with Crippen LogP contribution in [0.2, 0.25) is 0 Å². The molecule has 0 aliphatic rings. The third-order valence-corrected chi connectivity index (χ3v) is 3.56. The van der Waals surface area contributed by atoms with Gasteiger partial charge in [-0.05, 0) is 60.2 Å². The van der Waals surface area contributed by atoms with Crippen LogP contribution in [0.25, 0.3) is 0 Å². The first-order valence-electron chi connectivity index (χ1n) is 6.11. The van der Waals surface area contributed by atoms with E-state index < -0.39 is 0 Å². The summed E-state index contributed by atoms with van der Waals surface area (Å²) >= 11 is 2.28. The van der Waals surface area contributed by atoms with E-state index in [-0.39, 0.29) is 0 Å². The molecule has 0 amide bonds. The van der Waals surface area contributed by atoms with Gasteiger partial charge in [-0.3, -0.25) is 4.68 Å². The molecule has 0 aliphatic carbocycles. The first-order valence-corrected chi connectivity index (χ1v) is 7.19. The molecule has 1 atom stereocenters. The van der Waals surface area contributed by atoms with Crippen molar-refractivity contribution in [1.29, 1.82) is 0 Å². The monoisotopic (exact) mass is 356 g/mol. The van der Waals surface area contributed by atoms with Gasteiger partial charge in [0.25, 0.3) is 0 Å². The van der Waals surface area contributed by atoms with Crippen molar-refractivity contribution < 1.29 is 4.74 Å². The third-order valence-electron chi connectivity index (χ3n) is 2.89. The summed E-state index contributed by atoms with van der Waals surface area (Å²) in [5.74, 6) is 0.889. The summed E-state index contributed by atoms with van der Waals surface area (Å²) < 4.78 is 8.89. The molecule has 18 heavy (non-hydrogen) atoms. The molecule has 96 valence electrons. The fourth-order valence-electron chi connectivity index (χ4n) is 1.60. The number of hydrogen-bond donors (Lipinski definition) is 0. The molecule has 4 heteroatoms. The number of nitrogens with zero attached hydrogens (tertiary/aromatic N) is 2. The molecule has 1 aromatic heterocycles. The van der Waals surface area contributed by atoms with E-state index in [9.17, 15) is 0 Å². The predicted octanol–water partition coefficient (Wildman–Crippen LogP) is 4.04. The average Bonchev–Trinajstić information content (AvgIpc) is 2.84. The van der Waals surface area contributed by atoms with Gasteiger partial charge in [0.2, 0.25) is 0 Å². The highest BCUT2D eigenvalue weighted by Gasteiger charge is 2.05. The van der Waals surface area contributed by atoms with Crippen LogP contribution in [0, 0.1) is 3.57 Å². The Bertz CT molecular complexity index is 510. The zero-order valence-electron chi connectivity index (χ0n) is 10.6. The first-order chi connectivity index (χ1) is 8.69. The lowest BCUT2D eigenvalue weighted by atomic mass is 10.3. The molecule has 3 nitrogen and oxygen atoms in total. The number of hydrogen-bond acceptors (Lipinski definition) is 2. The molecule has 2 aromatic rings. The zero-order chi connectivity index (χ0) is 13.0. The van der Waals surface area contributed by atoms with Crippen molar-refractivity contribution in [3.8, 4) is 5.75 Å². The van der Waals surface area contributed by atoms with E-state index in [1.54, 1.807) is 0 Å². The van der Waals surface area contributed by atoms with Gasteiger partial charge in [-0.2, -0.15) is 5.10 Å². The van der Waals surface area contributed by atoms with E-state index in [1.807, 2.05) is 41.2 Å². The average molecular weight is 356 g/mol. The molecule has 1 aromatic carbocycles. The molecule has 1 heterocycles. The highest BCUT2D eigenvalue weighted by Crippen LogP contribution is 2.16. The minimum Gasteiger partial charge on any atom is -0.487 e. The van der Waals surface area contributed by atoms with Crippen LogP contribution >= 0.6 is 22.6 Å². The van der Waals surface area contributed by atoms with E-state index in [1.165, 1.54) is 3.57 Å².